The van der Waals surface area contributed by atoms with Crippen molar-refractivity contribution in [3.8, 4) is 0 Å². The van der Waals surface area contributed by atoms with Gasteiger partial charge in [0, 0.05) is 25.0 Å². The van der Waals surface area contributed by atoms with E-state index < -0.39 is 16.0 Å². The number of aromatic carboxylic acids is 1. The van der Waals surface area contributed by atoms with Gasteiger partial charge in [0.25, 0.3) is 0 Å². The average Bonchev–Trinajstić information content (AvgIpc) is 2.69. The molecule has 0 aliphatic rings. The Kier molecular flexibility index (Phi) is 4.83. The number of thioether (sulfide) groups is 1. The van der Waals surface area contributed by atoms with Crippen LogP contribution in [0.4, 0.5) is 0 Å². The fraction of sp³-hybridized carbons (Fsp3) is 0.500. The molecule has 1 unspecified atom stereocenters. The van der Waals surface area contributed by atoms with Crippen LogP contribution in [0.5, 0.6) is 0 Å². The summed E-state index contributed by atoms with van der Waals surface area (Å²) in [6.45, 7) is 2.21. The van der Waals surface area contributed by atoms with Crippen LogP contribution >= 0.6 is 11.8 Å². The van der Waals surface area contributed by atoms with E-state index in [1.807, 2.05) is 13.2 Å². The molecule has 0 amide bonds. The first-order valence-electron chi connectivity index (χ1n) is 5.20. The number of hydrogen-bond acceptors (Lipinski definition) is 4. The van der Waals surface area contributed by atoms with Crippen LogP contribution in [0.25, 0.3) is 0 Å². The fourth-order valence-electron chi connectivity index (χ4n) is 1.29. The number of carboxylic acid groups (broad SMARTS) is 1. The Labute approximate surface area is 110 Å². The highest BCUT2D eigenvalue weighted by molar-refractivity contribution is 7.99. The Hall–Kier alpha value is -0.990. The molecule has 1 aromatic heterocycles. The second kappa shape index (κ2) is 5.77. The van der Waals surface area contributed by atoms with Gasteiger partial charge in [0.2, 0.25) is 10.0 Å². The molecule has 0 saturated heterocycles. The maximum absolute atomic E-state index is 11.9. The van der Waals surface area contributed by atoms with Crippen molar-refractivity contribution in [1.29, 1.82) is 0 Å². The molecule has 0 fully saturated rings. The van der Waals surface area contributed by atoms with Gasteiger partial charge in [-0.1, -0.05) is 6.92 Å². The Morgan fingerprint density at radius 1 is 1.61 bits per heavy atom. The lowest BCUT2D eigenvalue weighted by Crippen LogP contribution is -2.29. The number of aryl methyl sites for hydroxylation is 1. The van der Waals surface area contributed by atoms with Crippen molar-refractivity contribution in [2.24, 2.45) is 7.05 Å². The zero-order chi connectivity index (χ0) is 13.9. The topological polar surface area (TPSA) is 88.4 Å². The van der Waals surface area contributed by atoms with Gasteiger partial charge in [0.1, 0.15) is 10.6 Å². The molecule has 1 rings (SSSR count). The quantitative estimate of drug-likeness (QED) is 0.808. The van der Waals surface area contributed by atoms with E-state index in [-0.39, 0.29) is 15.8 Å². The van der Waals surface area contributed by atoms with Crippen LogP contribution < -0.4 is 4.72 Å². The van der Waals surface area contributed by atoms with Crippen molar-refractivity contribution in [2.45, 2.75) is 17.1 Å². The van der Waals surface area contributed by atoms with Gasteiger partial charge in [-0.15, -0.1) is 0 Å². The molecule has 2 N–H and O–H groups in total. The van der Waals surface area contributed by atoms with Crippen LogP contribution in [0.2, 0.25) is 0 Å². The molecule has 0 aliphatic heterocycles. The number of nitrogens with one attached hydrogen (secondary N) is 1. The summed E-state index contributed by atoms with van der Waals surface area (Å²) in [5.74, 6) is -1.16. The molecule has 0 aliphatic carbocycles. The van der Waals surface area contributed by atoms with Gasteiger partial charge < -0.3 is 9.67 Å². The lowest BCUT2D eigenvalue weighted by molar-refractivity contribution is 0.0686. The van der Waals surface area contributed by atoms with E-state index in [9.17, 15) is 13.2 Å². The van der Waals surface area contributed by atoms with Crippen LogP contribution in [-0.4, -0.2) is 42.1 Å². The van der Waals surface area contributed by atoms with E-state index in [1.165, 1.54) is 17.8 Å². The van der Waals surface area contributed by atoms with Crippen molar-refractivity contribution in [3.05, 3.63) is 18.0 Å². The molecule has 0 radical (unpaired) electrons. The Balaban J connectivity index is 2.92. The molecule has 1 aromatic rings. The summed E-state index contributed by atoms with van der Waals surface area (Å²) in [5.41, 5.74) is -0.0618. The summed E-state index contributed by atoms with van der Waals surface area (Å²) in [5, 5.41) is 9.02. The normalized spacial score (nSPS) is 13.5. The SMILES string of the molecule is CSC(C)CNS(=O)(=O)c1cc(C(=O)O)n(C)c1. The Morgan fingerprint density at radius 3 is 2.67 bits per heavy atom. The third-order valence-corrected chi connectivity index (χ3v) is 4.83. The van der Waals surface area contributed by atoms with Gasteiger partial charge in [-0.05, 0) is 12.3 Å². The first-order valence-corrected chi connectivity index (χ1v) is 7.97. The fourth-order valence-corrected chi connectivity index (χ4v) is 2.84. The van der Waals surface area contributed by atoms with E-state index >= 15 is 0 Å². The van der Waals surface area contributed by atoms with E-state index in [2.05, 4.69) is 4.72 Å². The van der Waals surface area contributed by atoms with Gasteiger partial charge in [0.05, 0.1) is 0 Å². The summed E-state index contributed by atoms with van der Waals surface area (Å²) in [7, 11) is -2.16. The standard InChI is InChI=1S/C10H16N2O4S2/c1-7(17-3)5-11-18(15,16)8-4-9(10(13)14)12(2)6-8/h4,6-7,11H,5H2,1-3H3,(H,13,14). The Bertz CT molecular complexity index is 536. The predicted molar refractivity (Wildman–Crippen MR) is 70.5 cm³/mol. The van der Waals surface area contributed by atoms with Gasteiger partial charge in [-0.2, -0.15) is 11.8 Å². The molecular weight excluding hydrogens is 276 g/mol. The van der Waals surface area contributed by atoms with E-state index in [0.717, 1.165) is 6.07 Å². The number of carboxylic acids is 1. The first-order chi connectivity index (χ1) is 8.27. The summed E-state index contributed by atoms with van der Waals surface area (Å²) < 4.78 is 27.6. The molecule has 0 bridgehead atoms. The lowest BCUT2D eigenvalue weighted by Gasteiger charge is -2.09. The monoisotopic (exact) mass is 292 g/mol. The Morgan fingerprint density at radius 2 is 2.22 bits per heavy atom. The minimum Gasteiger partial charge on any atom is -0.477 e. The highest BCUT2D eigenvalue weighted by Crippen LogP contribution is 2.14. The van der Waals surface area contributed by atoms with Crippen molar-refractivity contribution >= 4 is 27.8 Å². The second-order valence-electron chi connectivity index (χ2n) is 3.88. The summed E-state index contributed by atoms with van der Waals surface area (Å²) in [4.78, 5) is 10.8. The van der Waals surface area contributed by atoms with Crippen LogP contribution in [0.1, 0.15) is 17.4 Å². The number of rotatable bonds is 6. The molecule has 6 nitrogen and oxygen atoms in total. The van der Waals surface area contributed by atoms with Gasteiger partial charge >= 0.3 is 5.97 Å². The zero-order valence-electron chi connectivity index (χ0n) is 10.4. The third-order valence-electron chi connectivity index (χ3n) is 2.47. The van der Waals surface area contributed by atoms with E-state index in [4.69, 9.17) is 5.11 Å². The maximum Gasteiger partial charge on any atom is 0.352 e. The number of carbonyl (C=O) groups is 1. The number of hydrogen-bond donors (Lipinski definition) is 2. The van der Waals surface area contributed by atoms with Crippen LogP contribution in [-0.2, 0) is 17.1 Å². The average molecular weight is 292 g/mol. The molecule has 18 heavy (non-hydrogen) atoms. The van der Waals surface area contributed by atoms with Crippen LogP contribution in [0, 0.1) is 0 Å². The molecule has 0 saturated carbocycles. The second-order valence-corrected chi connectivity index (χ2v) is 6.92. The number of nitrogens with zero attached hydrogens (tertiary/aromatic N) is 1. The minimum atomic E-state index is -3.65. The smallest absolute Gasteiger partial charge is 0.352 e. The van der Waals surface area contributed by atoms with Crippen LogP contribution in [0.3, 0.4) is 0 Å². The van der Waals surface area contributed by atoms with Gasteiger partial charge in [-0.3, -0.25) is 0 Å². The molecule has 1 atom stereocenters. The molecule has 0 spiro atoms. The number of sulfonamides is 1. The molecule has 8 heteroatoms. The van der Waals surface area contributed by atoms with Gasteiger partial charge in [-0.25, -0.2) is 17.9 Å². The first kappa shape index (κ1) is 15.1. The lowest BCUT2D eigenvalue weighted by atomic mass is 10.4. The van der Waals surface area contributed by atoms with Gasteiger partial charge in [0.15, 0.2) is 0 Å². The third kappa shape index (κ3) is 3.50. The summed E-state index contributed by atoms with van der Waals surface area (Å²) in [6.07, 6.45) is 3.18. The van der Waals surface area contributed by atoms with E-state index in [1.54, 1.807) is 11.8 Å². The molecular formula is C10H16N2O4S2. The maximum atomic E-state index is 11.9. The molecule has 1 heterocycles. The van der Waals surface area contributed by atoms with Crippen molar-refractivity contribution in [1.82, 2.24) is 9.29 Å². The highest BCUT2D eigenvalue weighted by Gasteiger charge is 2.20. The molecule has 102 valence electrons. The predicted octanol–water partition coefficient (Wildman–Crippen LogP) is 0.753. The largest absolute Gasteiger partial charge is 0.477 e. The van der Waals surface area contributed by atoms with E-state index in [0.29, 0.717) is 6.54 Å². The van der Waals surface area contributed by atoms with Crippen molar-refractivity contribution in [3.63, 3.8) is 0 Å². The minimum absolute atomic E-state index is 0.0318. The van der Waals surface area contributed by atoms with Crippen molar-refractivity contribution in [2.75, 3.05) is 12.8 Å². The highest BCUT2D eigenvalue weighted by atomic mass is 32.2. The number of aromatic nitrogens is 1. The summed E-state index contributed by atoms with van der Waals surface area (Å²) in [6, 6.07) is 1.15. The summed E-state index contributed by atoms with van der Waals surface area (Å²) >= 11 is 1.55. The molecule has 0 aromatic carbocycles. The van der Waals surface area contributed by atoms with Crippen LogP contribution in [0.15, 0.2) is 17.2 Å². The van der Waals surface area contributed by atoms with Crippen molar-refractivity contribution < 1.29 is 18.3 Å². The zero-order valence-corrected chi connectivity index (χ0v) is 12.0.